The summed E-state index contributed by atoms with van der Waals surface area (Å²) in [6.45, 7) is 8.65. The summed E-state index contributed by atoms with van der Waals surface area (Å²) >= 11 is 0. The molecule has 2 aliphatic rings. The van der Waals surface area contributed by atoms with Gasteiger partial charge in [0.2, 0.25) is 15.9 Å². The van der Waals surface area contributed by atoms with Gasteiger partial charge in [0.05, 0.1) is 0 Å². The number of benzene rings is 1. The number of piperidine rings is 2. The lowest BCUT2D eigenvalue weighted by molar-refractivity contribution is -0.127. The third-order valence-corrected chi connectivity index (χ3v) is 7.79. The summed E-state index contributed by atoms with van der Waals surface area (Å²) in [7, 11) is -4.14. The van der Waals surface area contributed by atoms with Crippen LogP contribution in [0.5, 0.6) is 0 Å². The van der Waals surface area contributed by atoms with Gasteiger partial charge < -0.3 is 10.6 Å². The summed E-state index contributed by atoms with van der Waals surface area (Å²) in [5, 5.41) is 6.72. The molecule has 0 saturated carbocycles. The Hall–Kier alpha value is -1.58. The van der Waals surface area contributed by atoms with Crippen LogP contribution in [0.3, 0.4) is 0 Å². The van der Waals surface area contributed by atoms with E-state index in [1.807, 2.05) is 0 Å². The van der Waals surface area contributed by atoms with Crippen molar-refractivity contribution in [1.82, 2.24) is 14.9 Å². The van der Waals surface area contributed by atoms with Gasteiger partial charge in [0.1, 0.15) is 16.5 Å². The zero-order valence-electron chi connectivity index (χ0n) is 18.0. The molecule has 9 heteroatoms. The molecule has 2 saturated heterocycles. The van der Waals surface area contributed by atoms with E-state index in [4.69, 9.17) is 0 Å². The molecule has 2 heterocycles. The van der Waals surface area contributed by atoms with Crippen LogP contribution in [0.2, 0.25) is 0 Å². The van der Waals surface area contributed by atoms with Crippen LogP contribution in [0.25, 0.3) is 0 Å². The Labute approximate surface area is 177 Å². The summed E-state index contributed by atoms with van der Waals surface area (Å²) in [5.74, 6) is -2.15. The fraction of sp³-hybridized carbons (Fsp3) is 0.667. The molecule has 3 rings (SSSR count). The number of carbonyl (C=O) groups is 1. The predicted molar refractivity (Wildman–Crippen MR) is 110 cm³/mol. The van der Waals surface area contributed by atoms with Crippen LogP contribution >= 0.6 is 0 Å². The Morgan fingerprint density at radius 2 is 1.67 bits per heavy atom. The maximum absolute atomic E-state index is 14.0. The van der Waals surface area contributed by atoms with E-state index in [0.717, 1.165) is 29.3 Å². The van der Waals surface area contributed by atoms with Gasteiger partial charge in [0.15, 0.2) is 0 Å². The first-order chi connectivity index (χ1) is 13.8. The van der Waals surface area contributed by atoms with Crippen molar-refractivity contribution in [2.75, 3.05) is 13.1 Å². The second kappa shape index (κ2) is 8.16. The van der Waals surface area contributed by atoms with Crippen molar-refractivity contribution in [2.45, 2.75) is 75.4 Å². The second-order valence-corrected chi connectivity index (χ2v) is 11.7. The van der Waals surface area contributed by atoms with Gasteiger partial charge in [-0.3, -0.25) is 4.79 Å². The van der Waals surface area contributed by atoms with Gasteiger partial charge >= 0.3 is 0 Å². The van der Waals surface area contributed by atoms with Crippen molar-refractivity contribution in [2.24, 2.45) is 5.92 Å². The molecule has 0 aromatic heterocycles. The number of carbonyl (C=O) groups excluding carboxylic acids is 1. The first-order valence-corrected chi connectivity index (χ1v) is 11.8. The van der Waals surface area contributed by atoms with Gasteiger partial charge in [0, 0.05) is 36.1 Å². The van der Waals surface area contributed by atoms with Gasteiger partial charge in [-0.2, -0.15) is 4.31 Å². The zero-order chi connectivity index (χ0) is 22.3. The lowest BCUT2D eigenvalue weighted by Gasteiger charge is -2.47. The van der Waals surface area contributed by atoms with Gasteiger partial charge in [-0.1, -0.05) is 0 Å². The van der Waals surface area contributed by atoms with Crippen molar-refractivity contribution < 1.29 is 22.0 Å². The van der Waals surface area contributed by atoms with Gasteiger partial charge in [-0.15, -0.1) is 0 Å². The van der Waals surface area contributed by atoms with Crippen LogP contribution < -0.4 is 10.6 Å². The van der Waals surface area contributed by atoms with E-state index < -0.39 is 26.6 Å². The van der Waals surface area contributed by atoms with Gasteiger partial charge in [0.25, 0.3) is 0 Å². The van der Waals surface area contributed by atoms with E-state index in [9.17, 15) is 22.0 Å². The average Bonchev–Trinajstić information content (AvgIpc) is 2.61. The summed E-state index contributed by atoms with van der Waals surface area (Å²) in [6.07, 6.45) is 2.32. The molecule has 0 radical (unpaired) electrons. The summed E-state index contributed by atoms with van der Waals surface area (Å²) in [5.41, 5.74) is -0.182. The number of rotatable bonds is 4. The van der Waals surface area contributed by atoms with Crippen LogP contribution in [0.1, 0.15) is 53.4 Å². The molecule has 1 aromatic rings. The van der Waals surface area contributed by atoms with Crippen LogP contribution in [0.4, 0.5) is 8.78 Å². The standard InChI is InChI=1S/C21H31F2N3O3S/c1-20(2)12-16(13-21(3,4)25-20)24-19(27)14-7-9-26(10-8-14)30(28,29)18-11-15(22)5-6-17(18)23/h5-6,11,14,16,25H,7-10,12-13H2,1-4H3,(H,24,27). The number of hydrogen-bond donors (Lipinski definition) is 2. The fourth-order valence-electron chi connectivity index (χ4n) is 4.92. The van der Waals surface area contributed by atoms with E-state index in [-0.39, 0.29) is 42.0 Å². The molecule has 0 unspecified atom stereocenters. The molecule has 0 aliphatic carbocycles. The molecular weight excluding hydrogens is 412 g/mol. The number of amides is 1. The number of halogens is 2. The van der Waals surface area contributed by atoms with Crippen LogP contribution in [-0.4, -0.2) is 48.8 Å². The molecular formula is C21H31F2N3O3S. The summed E-state index contributed by atoms with van der Waals surface area (Å²) < 4.78 is 54.0. The molecule has 30 heavy (non-hydrogen) atoms. The lowest BCUT2D eigenvalue weighted by atomic mass is 9.79. The molecule has 6 nitrogen and oxygen atoms in total. The Kier molecular flexibility index (Phi) is 6.28. The minimum Gasteiger partial charge on any atom is -0.353 e. The number of nitrogens with one attached hydrogen (secondary N) is 2. The zero-order valence-corrected chi connectivity index (χ0v) is 18.8. The molecule has 1 amide bonds. The normalized spacial score (nSPS) is 23.3. The van der Waals surface area contributed by atoms with Crippen molar-refractivity contribution in [3.05, 3.63) is 29.8 Å². The maximum atomic E-state index is 14.0. The molecule has 168 valence electrons. The first-order valence-electron chi connectivity index (χ1n) is 10.3. The number of sulfonamides is 1. The minimum atomic E-state index is -4.14. The quantitative estimate of drug-likeness (QED) is 0.750. The maximum Gasteiger partial charge on any atom is 0.246 e. The molecule has 2 N–H and O–H groups in total. The van der Waals surface area contributed by atoms with Crippen LogP contribution in [0.15, 0.2) is 23.1 Å². The summed E-state index contributed by atoms with van der Waals surface area (Å²) in [4.78, 5) is 12.1. The lowest BCUT2D eigenvalue weighted by Crippen LogP contribution is -2.62. The van der Waals surface area contributed by atoms with Crippen LogP contribution in [0, 0.1) is 17.6 Å². The Morgan fingerprint density at radius 1 is 1.10 bits per heavy atom. The topological polar surface area (TPSA) is 78.5 Å². The van der Waals surface area contributed by atoms with E-state index in [2.05, 4.69) is 38.3 Å². The van der Waals surface area contributed by atoms with Crippen molar-refractivity contribution in [3.63, 3.8) is 0 Å². The SMILES string of the molecule is CC1(C)CC(NC(=O)C2CCN(S(=O)(=O)c3cc(F)ccc3F)CC2)CC(C)(C)N1. The third-order valence-electron chi connectivity index (χ3n) is 5.87. The number of nitrogens with zero attached hydrogens (tertiary/aromatic N) is 1. The van der Waals surface area contributed by atoms with Gasteiger partial charge in [-0.25, -0.2) is 17.2 Å². The monoisotopic (exact) mass is 443 g/mol. The molecule has 0 bridgehead atoms. The Bertz CT molecular complexity index is 894. The first kappa shape index (κ1) is 23.1. The second-order valence-electron chi connectivity index (χ2n) is 9.76. The highest BCUT2D eigenvalue weighted by Crippen LogP contribution is 2.30. The predicted octanol–water partition coefficient (Wildman–Crippen LogP) is 2.79. The third kappa shape index (κ3) is 5.18. The molecule has 1 aromatic carbocycles. The Morgan fingerprint density at radius 3 is 2.23 bits per heavy atom. The Balaban J connectivity index is 1.61. The smallest absolute Gasteiger partial charge is 0.246 e. The van der Waals surface area contributed by atoms with E-state index in [1.54, 1.807) is 0 Å². The van der Waals surface area contributed by atoms with E-state index in [0.29, 0.717) is 18.9 Å². The average molecular weight is 444 g/mol. The van der Waals surface area contributed by atoms with Gasteiger partial charge in [-0.05, 0) is 71.6 Å². The highest BCUT2D eigenvalue weighted by molar-refractivity contribution is 7.89. The summed E-state index contributed by atoms with van der Waals surface area (Å²) in [6, 6.07) is 2.44. The highest BCUT2D eigenvalue weighted by atomic mass is 32.2. The molecule has 0 spiro atoms. The highest BCUT2D eigenvalue weighted by Gasteiger charge is 2.39. The fourth-order valence-corrected chi connectivity index (χ4v) is 6.46. The minimum absolute atomic E-state index is 0.0481. The molecule has 2 fully saturated rings. The number of hydrogen-bond acceptors (Lipinski definition) is 4. The van der Waals surface area contributed by atoms with Crippen molar-refractivity contribution in [3.8, 4) is 0 Å². The van der Waals surface area contributed by atoms with Crippen molar-refractivity contribution in [1.29, 1.82) is 0 Å². The molecule has 0 atom stereocenters. The van der Waals surface area contributed by atoms with E-state index >= 15 is 0 Å². The van der Waals surface area contributed by atoms with Crippen molar-refractivity contribution >= 4 is 15.9 Å². The largest absolute Gasteiger partial charge is 0.353 e. The van der Waals surface area contributed by atoms with Crippen LogP contribution in [-0.2, 0) is 14.8 Å². The van der Waals surface area contributed by atoms with E-state index in [1.165, 1.54) is 0 Å². The molecule has 2 aliphatic heterocycles.